The maximum absolute atomic E-state index is 4.34. The van der Waals surface area contributed by atoms with Gasteiger partial charge in [0.15, 0.2) is 0 Å². The van der Waals surface area contributed by atoms with Crippen molar-refractivity contribution in [2.24, 2.45) is 0 Å². The molecular formula is C18H19N3. The molecule has 2 aromatic carbocycles. The van der Waals surface area contributed by atoms with Crippen LogP contribution >= 0.6 is 0 Å². The Labute approximate surface area is 125 Å². The highest BCUT2D eigenvalue weighted by Gasteiger charge is 2.09. The quantitative estimate of drug-likeness (QED) is 0.771. The average molecular weight is 277 g/mol. The third-order valence-corrected chi connectivity index (χ3v) is 3.52. The van der Waals surface area contributed by atoms with Gasteiger partial charge in [-0.05, 0) is 18.2 Å². The van der Waals surface area contributed by atoms with Crippen LogP contribution in [0.2, 0.25) is 0 Å². The first-order valence-electron chi connectivity index (χ1n) is 7.27. The van der Waals surface area contributed by atoms with Crippen molar-refractivity contribution in [1.82, 2.24) is 14.9 Å². The third-order valence-electron chi connectivity index (χ3n) is 3.52. The molecule has 106 valence electrons. The summed E-state index contributed by atoms with van der Waals surface area (Å²) >= 11 is 0. The van der Waals surface area contributed by atoms with E-state index in [1.807, 2.05) is 18.6 Å². The van der Waals surface area contributed by atoms with E-state index in [1.54, 1.807) is 0 Å². The molecule has 1 heterocycles. The Hall–Kier alpha value is -2.39. The smallest absolute Gasteiger partial charge is 0.0997 e. The lowest BCUT2D eigenvalue weighted by Gasteiger charge is -2.13. The molecular weight excluding hydrogens is 258 g/mol. The molecule has 0 unspecified atom stereocenters. The standard InChI is InChI=1S/C18H19N3/c1-2-19-12-16-10-6-7-11-17(16)21-14-20-13-18(21)15-8-4-3-5-9-15/h3-11,13-14,19H,2,12H2,1H3. The Morgan fingerprint density at radius 2 is 1.76 bits per heavy atom. The molecule has 0 bridgehead atoms. The summed E-state index contributed by atoms with van der Waals surface area (Å²) in [7, 11) is 0. The van der Waals surface area contributed by atoms with E-state index in [4.69, 9.17) is 0 Å². The van der Waals surface area contributed by atoms with Crippen LogP contribution in [0.3, 0.4) is 0 Å². The second-order valence-electron chi connectivity index (χ2n) is 4.92. The number of rotatable bonds is 5. The highest BCUT2D eigenvalue weighted by atomic mass is 15.1. The van der Waals surface area contributed by atoms with Crippen LogP contribution in [0.4, 0.5) is 0 Å². The van der Waals surface area contributed by atoms with E-state index < -0.39 is 0 Å². The zero-order chi connectivity index (χ0) is 14.5. The first-order valence-corrected chi connectivity index (χ1v) is 7.27. The van der Waals surface area contributed by atoms with Crippen LogP contribution in [-0.4, -0.2) is 16.1 Å². The summed E-state index contributed by atoms with van der Waals surface area (Å²) in [6.45, 7) is 3.94. The molecule has 3 heteroatoms. The van der Waals surface area contributed by atoms with Gasteiger partial charge in [0.1, 0.15) is 0 Å². The zero-order valence-corrected chi connectivity index (χ0v) is 12.2. The first-order chi connectivity index (χ1) is 10.4. The molecule has 0 spiro atoms. The molecule has 21 heavy (non-hydrogen) atoms. The summed E-state index contributed by atoms with van der Waals surface area (Å²) in [5.74, 6) is 0. The summed E-state index contributed by atoms with van der Waals surface area (Å²) in [6.07, 6.45) is 3.80. The van der Waals surface area contributed by atoms with Gasteiger partial charge < -0.3 is 5.32 Å². The number of para-hydroxylation sites is 1. The molecule has 0 saturated carbocycles. The van der Waals surface area contributed by atoms with Crippen molar-refractivity contribution in [1.29, 1.82) is 0 Å². The Morgan fingerprint density at radius 3 is 2.57 bits per heavy atom. The topological polar surface area (TPSA) is 29.9 Å². The van der Waals surface area contributed by atoms with Crippen molar-refractivity contribution < 1.29 is 0 Å². The number of hydrogen-bond donors (Lipinski definition) is 1. The van der Waals surface area contributed by atoms with Crippen LogP contribution < -0.4 is 5.32 Å². The van der Waals surface area contributed by atoms with E-state index in [2.05, 4.69) is 70.3 Å². The number of aromatic nitrogens is 2. The summed E-state index contributed by atoms with van der Waals surface area (Å²) < 4.78 is 2.15. The van der Waals surface area contributed by atoms with Crippen LogP contribution in [0, 0.1) is 0 Å². The Balaban J connectivity index is 2.05. The summed E-state index contributed by atoms with van der Waals surface area (Å²) in [5.41, 5.74) is 4.73. The summed E-state index contributed by atoms with van der Waals surface area (Å²) in [4.78, 5) is 4.34. The molecule has 0 saturated heterocycles. The zero-order valence-electron chi connectivity index (χ0n) is 12.2. The second-order valence-corrected chi connectivity index (χ2v) is 4.92. The Kier molecular flexibility index (Phi) is 4.12. The highest BCUT2D eigenvalue weighted by Crippen LogP contribution is 2.24. The lowest BCUT2D eigenvalue weighted by Crippen LogP contribution is -2.13. The molecule has 1 N–H and O–H groups in total. The molecule has 0 radical (unpaired) electrons. The predicted molar refractivity (Wildman–Crippen MR) is 86.4 cm³/mol. The van der Waals surface area contributed by atoms with Gasteiger partial charge in [0.25, 0.3) is 0 Å². The minimum Gasteiger partial charge on any atom is -0.313 e. The van der Waals surface area contributed by atoms with Gasteiger partial charge in [0, 0.05) is 12.1 Å². The Bertz CT molecular complexity index is 701. The number of nitrogens with zero attached hydrogens (tertiary/aromatic N) is 2. The molecule has 3 rings (SSSR count). The SMILES string of the molecule is CCNCc1ccccc1-n1cncc1-c1ccccc1. The lowest BCUT2D eigenvalue weighted by molar-refractivity contribution is 0.722. The van der Waals surface area contributed by atoms with Gasteiger partial charge in [0.05, 0.1) is 23.9 Å². The van der Waals surface area contributed by atoms with Crippen molar-refractivity contribution in [2.75, 3.05) is 6.54 Å². The maximum atomic E-state index is 4.34. The first kappa shape index (κ1) is 13.6. The van der Waals surface area contributed by atoms with Crippen molar-refractivity contribution in [3.63, 3.8) is 0 Å². The maximum Gasteiger partial charge on any atom is 0.0997 e. The molecule has 0 aliphatic heterocycles. The van der Waals surface area contributed by atoms with Gasteiger partial charge in [-0.3, -0.25) is 4.57 Å². The van der Waals surface area contributed by atoms with E-state index >= 15 is 0 Å². The summed E-state index contributed by atoms with van der Waals surface area (Å²) in [6, 6.07) is 18.8. The molecule has 0 amide bonds. The average Bonchev–Trinajstić information content (AvgIpc) is 3.03. The minimum absolute atomic E-state index is 0.860. The molecule has 0 aliphatic carbocycles. The minimum atomic E-state index is 0.860. The fraction of sp³-hybridized carbons (Fsp3) is 0.167. The Morgan fingerprint density at radius 1 is 1.00 bits per heavy atom. The van der Waals surface area contributed by atoms with E-state index in [1.165, 1.54) is 16.8 Å². The molecule has 3 nitrogen and oxygen atoms in total. The molecule has 1 aromatic heterocycles. The van der Waals surface area contributed by atoms with E-state index in [9.17, 15) is 0 Å². The second kappa shape index (κ2) is 6.37. The van der Waals surface area contributed by atoms with Gasteiger partial charge in [-0.2, -0.15) is 0 Å². The monoisotopic (exact) mass is 277 g/mol. The predicted octanol–water partition coefficient (Wildman–Crippen LogP) is 3.65. The molecule has 3 aromatic rings. The van der Waals surface area contributed by atoms with Crippen LogP contribution in [0.5, 0.6) is 0 Å². The highest BCUT2D eigenvalue weighted by molar-refractivity contribution is 5.62. The third kappa shape index (κ3) is 2.88. The van der Waals surface area contributed by atoms with Crippen LogP contribution in [0.25, 0.3) is 16.9 Å². The van der Waals surface area contributed by atoms with E-state index in [0.29, 0.717) is 0 Å². The van der Waals surface area contributed by atoms with Gasteiger partial charge in [-0.15, -0.1) is 0 Å². The normalized spacial score (nSPS) is 10.7. The molecule has 0 fully saturated rings. The van der Waals surface area contributed by atoms with Crippen molar-refractivity contribution in [3.05, 3.63) is 72.7 Å². The van der Waals surface area contributed by atoms with E-state index in [0.717, 1.165) is 18.8 Å². The number of hydrogen-bond acceptors (Lipinski definition) is 2. The van der Waals surface area contributed by atoms with Crippen LogP contribution in [-0.2, 0) is 6.54 Å². The number of benzene rings is 2. The van der Waals surface area contributed by atoms with Crippen molar-refractivity contribution in [3.8, 4) is 16.9 Å². The lowest BCUT2D eigenvalue weighted by atomic mass is 10.1. The number of imidazole rings is 1. The van der Waals surface area contributed by atoms with Gasteiger partial charge in [-0.1, -0.05) is 55.5 Å². The molecule has 0 aliphatic rings. The number of nitrogens with one attached hydrogen (secondary N) is 1. The fourth-order valence-electron chi connectivity index (χ4n) is 2.46. The van der Waals surface area contributed by atoms with Gasteiger partial charge >= 0.3 is 0 Å². The van der Waals surface area contributed by atoms with Gasteiger partial charge in [-0.25, -0.2) is 4.98 Å². The van der Waals surface area contributed by atoms with Crippen molar-refractivity contribution >= 4 is 0 Å². The van der Waals surface area contributed by atoms with Crippen molar-refractivity contribution in [2.45, 2.75) is 13.5 Å². The van der Waals surface area contributed by atoms with E-state index in [-0.39, 0.29) is 0 Å². The van der Waals surface area contributed by atoms with Gasteiger partial charge in [0.2, 0.25) is 0 Å². The van der Waals surface area contributed by atoms with Crippen LogP contribution in [0.15, 0.2) is 67.1 Å². The van der Waals surface area contributed by atoms with Crippen LogP contribution in [0.1, 0.15) is 12.5 Å². The molecule has 0 atom stereocenters. The largest absolute Gasteiger partial charge is 0.313 e. The summed E-state index contributed by atoms with van der Waals surface area (Å²) in [5, 5.41) is 3.39. The fourth-order valence-corrected chi connectivity index (χ4v) is 2.46.